The minimum atomic E-state index is 0.183. The van der Waals surface area contributed by atoms with Crippen molar-refractivity contribution in [3.05, 3.63) is 52.3 Å². The van der Waals surface area contributed by atoms with Crippen LogP contribution in [-0.2, 0) is 13.2 Å². The molecule has 0 fully saturated rings. The van der Waals surface area contributed by atoms with Gasteiger partial charge in [0.15, 0.2) is 11.5 Å². The SMILES string of the molecule is COc1cc(CNn2nnnc2N)cc(Br)c1OCc1cccnc1. The highest BCUT2D eigenvalue weighted by Gasteiger charge is 2.12. The number of hydrogen-bond acceptors (Lipinski definition) is 8. The number of halogens is 1. The highest BCUT2D eigenvalue weighted by molar-refractivity contribution is 9.10. The number of anilines is 1. The molecule has 0 bridgehead atoms. The summed E-state index contributed by atoms with van der Waals surface area (Å²) in [4.78, 5) is 5.37. The molecule has 3 rings (SSSR count). The van der Waals surface area contributed by atoms with Gasteiger partial charge in [0.05, 0.1) is 18.1 Å². The maximum absolute atomic E-state index is 5.88. The summed E-state index contributed by atoms with van der Waals surface area (Å²) in [6.45, 7) is 0.842. The van der Waals surface area contributed by atoms with E-state index in [1.165, 1.54) is 4.79 Å². The van der Waals surface area contributed by atoms with Crippen molar-refractivity contribution in [3.63, 3.8) is 0 Å². The molecule has 0 aliphatic heterocycles. The summed E-state index contributed by atoms with van der Waals surface area (Å²) < 4.78 is 12.1. The van der Waals surface area contributed by atoms with E-state index in [1.807, 2.05) is 24.3 Å². The van der Waals surface area contributed by atoms with Crippen LogP contribution in [0.2, 0.25) is 0 Å². The first-order valence-electron chi connectivity index (χ1n) is 7.33. The predicted octanol–water partition coefficient (Wildman–Crippen LogP) is 1.74. The molecule has 2 heterocycles. The Balaban J connectivity index is 1.73. The average molecular weight is 406 g/mol. The fourth-order valence-corrected chi connectivity index (χ4v) is 2.73. The van der Waals surface area contributed by atoms with Crippen LogP contribution in [0.15, 0.2) is 41.1 Å². The average Bonchev–Trinajstić information content (AvgIpc) is 3.04. The van der Waals surface area contributed by atoms with Crippen molar-refractivity contribution < 1.29 is 9.47 Å². The molecule has 0 atom stereocenters. The summed E-state index contributed by atoms with van der Waals surface area (Å²) in [5.41, 5.74) is 10.5. The highest BCUT2D eigenvalue weighted by Crippen LogP contribution is 2.37. The molecule has 3 aromatic rings. The van der Waals surface area contributed by atoms with Gasteiger partial charge in [-0.15, -0.1) is 4.79 Å². The molecule has 0 aliphatic carbocycles. The van der Waals surface area contributed by atoms with Crippen LogP contribution in [-0.4, -0.2) is 32.4 Å². The van der Waals surface area contributed by atoms with E-state index < -0.39 is 0 Å². The number of nitrogens with two attached hydrogens (primary N) is 1. The molecule has 25 heavy (non-hydrogen) atoms. The van der Waals surface area contributed by atoms with Gasteiger partial charge in [-0.1, -0.05) is 11.2 Å². The zero-order chi connectivity index (χ0) is 17.6. The number of methoxy groups -OCH3 is 1. The van der Waals surface area contributed by atoms with Gasteiger partial charge in [-0.25, -0.2) is 0 Å². The van der Waals surface area contributed by atoms with Crippen molar-refractivity contribution in [2.75, 3.05) is 18.3 Å². The lowest BCUT2D eigenvalue weighted by Crippen LogP contribution is -2.18. The second-order valence-electron chi connectivity index (χ2n) is 5.04. The van der Waals surface area contributed by atoms with Gasteiger partial charge in [0, 0.05) is 18.0 Å². The van der Waals surface area contributed by atoms with Crippen LogP contribution >= 0.6 is 15.9 Å². The lowest BCUT2D eigenvalue weighted by Gasteiger charge is -2.15. The van der Waals surface area contributed by atoms with Crippen LogP contribution in [0.4, 0.5) is 5.95 Å². The van der Waals surface area contributed by atoms with Crippen molar-refractivity contribution in [2.45, 2.75) is 13.2 Å². The number of aromatic nitrogens is 5. The molecule has 0 spiro atoms. The third-order valence-corrected chi connectivity index (χ3v) is 3.91. The molecule has 0 saturated carbocycles. The fourth-order valence-electron chi connectivity index (χ4n) is 2.13. The van der Waals surface area contributed by atoms with E-state index >= 15 is 0 Å². The molecule has 130 valence electrons. The molecular weight excluding hydrogens is 390 g/mol. The number of benzene rings is 1. The van der Waals surface area contributed by atoms with Crippen LogP contribution < -0.4 is 20.6 Å². The Hall–Kier alpha value is -2.88. The number of hydrogen-bond donors (Lipinski definition) is 2. The molecule has 0 unspecified atom stereocenters. The topological polar surface area (TPSA) is 113 Å². The van der Waals surface area contributed by atoms with E-state index in [9.17, 15) is 0 Å². The second kappa shape index (κ2) is 7.79. The van der Waals surface area contributed by atoms with Crippen molar-refractivity contribution >= 4 is 21.9 Å². The van der Waals surface area contributed by atoms with E-state index in [0.717, 1.165) is 15.6 Å². The van der Waals surface area contributed by atoms with Crippen LogP contribution in [0.3, 0.4) is 0 Å². The van der Waals surface area contributed by atoms with E-state index in [4.69, 9.17) is 15.2 Å². The zero-order valence-electron chi connectivity index (χ0n) is 13.4. The largest absolute Gasteiger partial charge is 0.493 e. The lowest BCUT2D eigenvalue weighted by molar-refractivity contribution is 0.282. The first-order chi connectivity index (χ1) is 12.2. The van der Waals surface area contributed by atoms with Crippen molar-refractivity contribution in [1.29, 1.82) is 0 Å². The third kappa shape index (κ3) is 4.15. The number of ether oxygens (including phenoxy) is 2. The van der Waals surface area contributed by atoms with Crippen LogP contribution in [0.5, 0.6) is 11.5 Å². The van der Waals surface area contributed by atoms with E-state index in [2.05, 4.69) is 41.9 Å². The van der Waals surface area contributed by atoms with Gasteiger partial charge in [0.2, 0.25) is 0 Å². The van der Waals surface area contributed by atoms with E-state index in [1.54, 1.807) is 19.5 Å². The molecule has 0 saturated heterocycles. The van der Waals surface area contributed by atoms with Crippen molar-refractivity contribution in [3.8, 4) is 11.5 Å². The third-order valence-electron chi connectivity index (χ3n) is 3.32. The summed E-state index contributed by atoms with van der Waals surface area (Å²) in [6, 6.07) is 7.61. The maximum Gasteiger partial charge on any atom is 0.260 e. The monoisotopic (exact) mass is 405 g/mol. The summed E-state index contributed by atoms with van der Waals surface area (Å²) in [5.74, 6) is 1.42. The summed E-state index contributed by atoms with van der Waals surface area (Å²) in [7, 11) is 1.59. The molecule has 2 aromatic heterocycles. The smallest absolute Gasteiger partial charge is 0.260 e. The molecular formula is C15H16BrN7O2. The molecule has 0 amide bonds. The molecule has 10 heteroatoms. The minimum absolute atomic E-state index is 0.183. The predicted molar refractivity (Wildman–Crippen MR) is 94.6 cm³/mol. The van der Waals surface area contributed by atoms with Gasteiger partial charge in [0.1, 0.15) is 6.61 Å². The number of nitrogens with one attached hydrogen (secondary N) is 1. The van der Waals surface area contributed by atoms with Gasteiger partial charge in [-0.05, 0) is 50.1 Å². The van der Waals surface area contributed by atoms with Gasteiger partial charge < -0.3 is 20.6 Å². The highest BCUT2D eigenvalue weighted by atomic mass is 79.9. The molecule has 0 aliphatic rings. The molecule has 0 radical (unpaired) electrons. The Morgan fingerprint density at radius 2 is 2.20 bits per heavy atom. The Labute approximate surface area is 152 Å². The molecule has 9 nitrogen and oxygen atoms in total. The van der Waals surface area contributed by atoms with Crippen LogP contribution in [0.25, 0.3) is 0 Å². The van der Waals surface area contributed by atoms with Gasteiger partial charge in [-0.2, -0.15) is 0 Å². The van der Waals surface area contributed by atoms with E-state index in [-0.39, 0.29) is 5.95 Å². The lowest BCUT2D eigenvalue weighted by atomic mass is 10.2. The van der Waals surface area contributed by atoms with Crippen molar-refractivity contribution in [1.82, 2.24) is 25.3 Å². The van der Waals surface area contributed by atoms with Crippen LogP contribution in [0.1, 0.15) is 11.1 Å². The van der Waals surface area contributed by atoms with Crippen LogP contribution in [0, 0.1) is 0 Å². The number of nitrogens with zero attached hydrogens (tertiary/aromatic N) is 5. The summed E-state index contributed by atoms with van der Waals surface area (Å²) >= 11 is 3.53. The first kappa shape index (κ1) is 17.0. The zero-order valence-corrected chi connectivity index (χ0v) is 15.0. The van der Waals surface area contributed by atoms with Gasteiger partial charge in [-0.3, -0.25) is 4.98 Å². The Morgan fingerprint density at radius 3 is 2.88 bits per heavy atom. The molecule has 1 aromatic carbocycles. The maximum atomic E-state index is 5.88. The number of rotatable bonds is 7. The second-order valence-corrected chi connectivity index (χ2v) is 5.90. The van der Waals surface area contributed by atoms with Gasteiger partial charge >= 0.3 is 0 Å². The normalized spacial score (nSPS) is 10.5. The molecule has 3 N–H and O–H groups in total. The van der Waals surface area contributed by atoms with Gasteiger partial charge in [0.25, 0.3) is 5.95 Å². The summed E-state index contributed by atoms with van der Waals surface area (Å²) in [6.07, 6.45) is 3.48. The number of nitrogen functional groups attached to an aromatic ring is 1. The summed E-state index contributed by atoms with van der Waals surface area (Å²) in [5, 5.41) is 10.8. The Bertz CT molecular complexity index is 841. The minimum Gasteiger partial charge on any atom is -0.493 e. The number of tetrazole rings is 1. The van der Waals surface area contributed by atoms with Crippen molar-refractivity contribution in [2.24, 2.45) is 0 Å². The van der Waals surface area contributed by atoms with E-state index in [0.29, 0.717) is 24.7 Å². The fraction of sp³-hybridized carbons (Fsp3) is 0.200. The number of pyridine rings is 1. The Kier molecular flexibility index (Phi) is 5.29. The Morgan fingerprint density at radius 1 is 1.32 bits per heavy atom. The quantitative estimate of drug-likeness (QED) is 0.610. The first-order valence-corrected chi connectivity index (χ1v) is 8.12. The standard InChI is InChI=1S/C15H16BrN7O2/c1-24-13-6-11(8-19-23-15(17)20-21-22-23)5-12(16)14(13)25-9-10-3-2-4-18-7-10/h2-7,19H,8-9H2,1H3,(H2,17,20,22).